The number of nitrogens with zero attached hydrogens (tertiary/aromatic N) is 2. The van der Waals surface area contributed by atoms with Crippen molar-refractivity contribution in [2.24, 2.45) is 0 Å². The summed E-state index contributed by atoms with van der Waals surface area (Å²) < 4.78 is 0. The molecule has 1 N–H and O–H groups in total. The van der Waals surface area contributed by atoms with Crippen molar-refractivity contribution >= 4 is 28.7 Å². The van der Waals surface area contributed by atoms with Crippen molar-refractivity contribution in [3.05, 3.63) is 63.2 Å². The van der Waals surface area contributed by atoms with Crippen LogP contribution in [-0.2, 0) is 6.54 Å². The molecule has 2 aromatic rings. The molecule has 1 saturated heterocycles. The van der Waals surface area contributed by atoms with Crippen molar-refractivity contribution in [3.8, 4) is 0 Å². The van der Waals surface area contributed by atoms with E-state index < -0.39 is 0 Å². The van der Waals surface area contributed by atoms with Crippen LogP contribution in [0.1, 0.15) is 18.4 Å². The second-order valence-corrected chi connectivity index (χ2v) is 6.07. The van der Waals surface area contributed by atoms with Crippen molar-refractivity contribution in [1.29, 1.82) is 0 Å². The summed E-state index contributed by atoms with van der Waals surface area (Å²) in [5, 5.41) is 15.1. The van der Waals surface area contributed by atoms with E-state index in [0.717, 1.165) is 24.3 Å². The summed E-state index contributed by atoms with van der Waals surface area (Å²) in [6.07, 6.45) is 2.34. The lowest BCUT2D eigenvalue weighted by atomic mass is 10.2. The van der Waals surface area contributed by atoms with E-state index in [1.807, 2.05) is 36.4 Å². The zero-order valence-corrected chi connectivity index (χ0v) is 13.4. The third kappa shape index (κ3) is 3.74. The molecular formula is C17H18ClN3O2. The fourth-order valence-corrected chi connectivity index (χ4v) is 2.92. The van der Waals surface area contributed by atoms with E-state index in [0.29, 0.717) is 17.3 Å². The summed E-state index contributed by atoms with van der Waals surface area (Å²) in [7, 11) is 0. The Hall–Kier alpha value is -2.27. The summed E-state index contributed by atoms with van der Waals surface area (Å²) in [5.41, 5.74) is 2.71. The van der Waals surface area contributed by atoms with Gasteiger partial charge in [0.1, 0.15) is 5.69 Å². The number of halogens is 1. The summed E-state index contributed by atoms with van der Waals surface area (Å²) in [6.45, 7) is 2.53. The second-order valence-electron chi connectivity index (χ2n) is 5.63. The molecule has 0 unspecified atom stereocenters. The van der Waals surface area contributed by atoms with Crippen LogP contribution >= 0.6 is 11.6 Å². The number of nitro groups is 1. The Morgan fingerprint density at radius 1 is 1.13 bits per heavy atom. The minimum atomic E-state index is -0.349. The molecular weight excluding hydrogens is 314 g/mol. The molecule has 0 aliphatic carbocycles. The van der Waals surface area contributed by atoms with E-state index in [2.05, 4.69) is 10.2 Å². The first-order valence-electron chi connectivity index (χ1n) is 7.65. The maximum absolute atomic E-state index is 11.2. The van der Waals surface area contributed by atoms with E-state index in [4.69, 9.17) is 11.6 Å². The van der Waals surface area contributed by atoms with Gasteiger partial charge in [0.05, 0.1) is 4.92 Å². The maximum atomic E-state index is 11.2. The van der Waals surface area contributed by atoms with Crippen LogP contribution in [0.15, 0.2) is 42.5 Å². The maximum Gasteiger partial charge on any atom is 0.292 e. The average molecular weight is 332 g/mol. The highest BCUT2D eigenvalue weighted by Crippen LogP contribution is 2.31. The molecule has 0 amide bonds. The van der Waals surface area contributed by atoms with E-state index in [-0.39, 0.29) is 10.6 Å². The molecule has 2 aromatic carbocycles. The minimum absolute atomic E-state index is 0.0990. The first-order valence-corrected chi connectivity index (χ1v) is 8.03. The summed E-state index contributed by atoms with van der Waals surface area (Å²) >= 11 is 5.87. The SMILES string of the molecule is O=[N+]([O-])c1ccc(N2CCCC2)cc1NCc1ccc(Cl)cc1. The molecule has 6 heteroatoms. The highest BCUT2D eigenvalue weighted by molar-refractivity contribution is 6.30. The fourth-order valence-electron chi connectivity index (χ4n) is 2.80. The van der Waals surface area contributed by atoms with Gasteiger partial charge in [-0.05, 0) is 42.7 Å². The molecule has 0 spiro atoms. The van der Waals surface area contributed by atoms with E-state index in [9.17, 15) is 10.1 Å². The lowest BCUT2D eigenvalue weighted by Crippen LogP contribution is -2.17. The molecule has 3 rings (SSSR count). The molecule has 0 bridgehead atoms. The summed E-state index contributed by atoms with van der Waals surface area (Å²) in [6, 6.07) is 12.7. The van der Waals surface area contributed by atoms with Crippen LogP contribution in [-0.4, -0.2) is 18.0 Å². The first-order chi connectivity index (χ1) is 11.1. The number of anilines is 2. The number of benzene rings is 2. The Labute approximate surface area is 140 Å². The number of hydrogen-bond acceptors (Lipinski definition) is 4. The normalized spacial score (nSPS) is 14.0. The summed E-state index contributed by atoms with van der Waals surface area (Å²) in [5.74, 6) is 0. The Kier molecular flexibility index (Phi) is 4.67. The van der Waals surface area contributed by atoms with Gasteiger partial charge < -0.3 is 10.2 Å². The van der Waals surface area contributed by atoms with Crippen LogP contribution in [0.2, 0.25) is 5.02 Å². The smallest absolute Gasteiger partial charge is 0.292 e. The molecule has 23 heavy (non-hydrogen) atoms. The standard InChI is InChI=1S/C17H18ClN3O2/c18-14-5-3-13(4-6-14)12-19-16-11-15(20-9-1-2-10-20)7-8-17(16)21(22)23/h3-8,11,19H,1-2,9-10,12H2. The Balaban J connectivity index is 1.81. The minimum Gasteiger partial charge on any atom is -0.375 e. The van der Waals surface area contributed by atoms with Crippen molar-refractivity contribution in [3.63, 3.8) is 0 Å². The Bertz CT molecular complexity index is 697. The van der Waals surface area contributed by atoms with Gasteiger partial charge in [0.25, 0.3) is 5.69 Å². The van der Waals surface area contributed by atoms with Crippen LogP contribution in [0.25, 0.3) is 0 Å². The molecule has 120 valence electrons. The molecule has 1 heterocycles. The predicted molar refractivity (Wildman–Crippen MR) is 93.3 cm³/mol. The van der Waals surface area contributed by atoms with Gasteiger partial charge >= 0.3 is 0 Å². The topological polar surface area (TPSA) is 58.4 Å². The molecule has 0 radical (unpaired) electrons. The van der Waals surface area contributed by atoms with Gasteiger partial charge in [-0.2, -0.15) is 0 Å². The largest absolute Gasteiger partial charge is 0.375 e. The predicted octanol–water partition coefficient (Wildman–Crippen LogP) is 4.46. The zero-order valence-electron chi connectivity index (χ0n) is 12.7. The molecule has 0 saturated carbocycles. The molecule has 1 fully saturated rings. The molecule has 0 atom stereocenters. The lowest BCUT2D eigenvalue weighted by Gasteiger charge is -2.18. The van der Waals surface area contributed by atoms with Gasteiger partial charge in [-0.1, -0.05) is 23.7 Å². The second kappa shape index (κ2) is 6.87. The lowest BCUT2D eigenvalue weighted by molar-refractivity contribution is -0.384. The monoisotopic (exact) mass is 331 g/mol. The van der Waals surface area contributed by atoms with Crippen molar-refractivity contribution in [2.45, 2.75) is 19.4 Å². The van der Waals surface area contributed by atoms with Gasteiger partial charge in [-0.25, -0.2) is 0 Å². The van der Waals surface area contributed by atoms with Gasteiger partial charge in [0, 0.05) is 36.4 Å². The van der Waals surface area contributed by atoms with Crippen LogP contribution in [0.4, 0.5) is 17.1 Å². The number of nitrogens with one attached hydrogen (secondary N) is 1. The van der Waals surface area contributed by atoms with Crippen molar-refractivity contribution in [1.82, 2.24) is 0 Å². The first kappa shape index (κ1) is 15.6. The van der Waals surface area contributed by atoms with Gasteiger partial charge in [-0.15, -0.1) is 0 Å². The highest BCUT2D eigenvalue weighted by atomic mass is 35.5. The third-order valence-corrected chi connectivity index (χ3v) is 4.30. The summed E-state index contributed by atoms with van der Waals surface area (Å²) in [4.78, 5) is 13.2. The van der Waals surface area contributed by atoms with Crippen molar-refractivity contribution < 1.29 is 4.92 Å². The van der Waals surface area contributed by atoms with Crippen LogP contribution in [0.3, 0.4) is 0 Å². The Morgan fingerprint density at radius 2 is 1.83 bits per heavy atom. The van der Waals surface area contributed by atoms with Crippen molar-refractivity contribution in [2.75, 3.05) is 23.3 Å². The van der Waals surface area contributed by atoms with Gasteiger partial charge in [-0.3, -0.25) is 10.1 Å². The van der Waals surface area contributed by atoms with E-state index in [1.54, 1.807) is 6.07 Å². The van der Waals surface area contributed by atoms with Gasteiger partial charge in [0.2, 0.25) is 0 Å². The number of hydrogen-bond donors (Lipinski definition) is 1. The Morgan fingerprint density at radius 3 is 2.48 bits per heavy atom. The average Bonchev–Trinajstić information content (AvgIpc) is 3.08. The molecule has 5 nitrogen and oxygen atoms in total. The van der Waals surface area contributed by atoms with Crippen LogP contribution < -0.4 is 10.2 Å². The van der Waals surface area contributed by atoms with Gasteiger partial charge in [0.15, 0.2) is 0 Å². The third-order valence-electron chi connectivity index (χ3n) is 4.04. The highest BCUT2D eigenvalue weighted by Gasteiger charge is 2.18. The van der Waals surface area contributed by atoms with Crippen LogP contribution in [0, 0.1) is 10.1 Å². The zero-order chi connectivity index (χ0) is 16.2. The van der Waals surface area contributed by atoms with E-state index in [1.165, 1.54) is 12.8 Å². The quantitative estimate of drug-likeness (QED) is 0.649. The molecule has 0 aromatic heterocycles. The molecule has 1 aliphatic rings. The number of nitro benzene ring substituents is 1. The fraction of sp³-hybridized carbons (Fsp3) is 0.294. The van der Waals surface area contributed by atoms with Crippen LogP contribution in [0.5, 0.6) is 0 Å². The number of rotatable bonds is 5. The molecule has 1 aliphatic heterocycles. The van der Waals surface area contributed by atoms with E-state index >= 15 is 0 Å².